The summed E-state index contributed by atoms with van der Waals surface area (Å²) < 4.78 is 13.4. The first-order valence-electron chi connectivity index (χ1n) is 5.36. The molecule has 15 heavy (non-hydrogen) atoms. The first-order chi connectivity index (χ1) is 7.27. The molecule has 0 amide bonds. The van der Waals surface area contributed by atoms with E-state index in [1.165, 1.54) is 0 Å². The van der Waals surface area contributed by atoms with Crippen molar-refractivity contribution in [2.45, 2.75) is 24.6 Å². The molecular formula is C12H16FNS. The SMILES string of the molecule is CC1NCCSC1Cc1ccccc1F. The van der Waals surface area contributed by atoms with Crippen LogP contribution in [-0.4, -0.2) is 23.6 Å². The molecule has 1 aromatic carbocycles. The molecule has 3 heteroatoms. The molecule has 1 heterocycles. The lowest BCUT2D eigenvalue weighted by molar-refractivity contribution is 0.519. The molecule has 1 aliphatic rings. The van der Waals surface area contributed by atoms with E-state index in [9.17, 15) is 4.39 Å². The fourth-order valence-electron chi connectivity index (χ4n) is 1.89. The highest BCUT2D eigenvalue weighted by atomic mass is 32.2. The van der Waals surface area contributed by atoms with Gasteiger partial charge in [-0.15, -0.1) is 0 Å². The molecule has 0 spiro atoms. The Labute approximate surface area is 94.5 Å². The van der Waals surface area contributed by atoms with Gasteiger partial charge in [0, 0.05) is 23.6 Å². The molecule has 0 aromatic heterocycles. The van der Waals surface area contributed by atoms with Crippen LogP contribution in [0, 0.1) is 5.82 Å². The molecule has 0 radical (unpaired) electrons. The van der Waals surface area contributed by atoms with Gasteiger partial charge in [-0.2, -0.15) is 11.8 Å². The summed E-state index contributed by atoms with van der Waals surface area (Å²) in [6.45, 7) is 3.25. The van der Waals surface area contributed by atoms with Crippen LogP contribution in [0.5, 0.6) is 0 Å². The standard InChI is InChI=1S/C12H16FNS/c1-9-12(15-7-6-14-9)8-10-4-2-3-5-11(10)13/h2-5,9,12,14H,6-8H2,1H3. The van der Waals surface area contributed by atoms with Gasteiger partial charge in [-0.25, -0.2) is 4.39 Å². The average molecular weight is 225 g/mol. The molecule has 2 unspecified atom stereocenters. The van der Waals surface area contributed by atoms with Crippen LogP contribution in [0.2, 0.25) is 0 Å². The second-order valence-corrected chi connectivity index (χ2v) is 5.29. The zero-order valence-electron chi connectivity index (χ0n) is 8.87. The third-order valence-corrected chi connectivity index (χ3v) is 4.28. The number of nitrogens with one attached hydrogen (secondary N) is 1. The molecule has 0 aliphatic carbocycles. The van der Waals surface area contributed by atoms with Gasteiger partial charge in [-0.1, -0.05) is 18.2 Å². The second kappa shape index (κ2) is 4.99. The van der Waals surface area contributed by atoms with Crippen molar-refractivity contribution in [1.29, 1.82) is 0 Å². The van der Waals surface area contributed by atoms with Crippen LogP contribution < -0.4 is 5.32 Å². The second-order valence-electron chi connectivity index (χ2n) is 3.95. The number of hydrogen-bond acceptors (Lipinski definition) is 2. The molecular weight excluding hydrogens is 209 g/mol. The lowest BCUT2D eigenvalue weighted by Gasteiger charge is -2.29. The minimum atomic E-state index is -0.0733. The van der Waals surface area contributed by atoms with Crippen LogP contribution in [-0.2, 0) is 6.42 Å². The number of benzene rings is 1. The van der Waals surface area contributed by atoms with E-state index >= 15 is 0 Å². The van der Waals surface area contributed by atoms with Crippen molar-refractivity contribution in [1.82, 2.24) is 5.32 Å². The van der Waals surface area contributed by atoms with Gasteiger partial charge in [0.1, 0.15) is 5.82 Å². The fourth-order valence-corrected chi connectivity index (χ4v) is 3.11. The third-order valence-electron chi connectivity index (χ3n) is 2.84. The average Bonchev–Trinajstić information content (AvgIpc) is 2.24. The molecule has 1 aromatic rings. The Morgan fingerprint density at radius 3 is 3.00 bits per heavy atom. The Morgan fingerprint density at radius 1 is 1.47 bits per heavy atom. The van der Waals surface area contributed by atoms with Crippen LogP contribution in [0.15, 0.2) is 24.3 Å². The lowest BCUT2D eigenvalue weighted by Crippen LogP contribution is -2.42. The van der Waals surface area contributed by atoms with Crippen LogP contribution in [0.25, 0.3) is 0 Å². The van der Waals surface area contributed by atoms with Crippen molar-refractivity contribution in [2.75, 3.05) is 12.3 Å². The third kappa shape index (κ3) is 2.73. The summed E-state index contributed by atoms with van der Waals surface area (Å²) in [6, 6.07) is 7.56. The lowest BCUT2D eigenvalue weighted by atomic mass is 10.0. The molecule has 1 aliphatic heterocycles. The normalized spacial score (nSPS) is 26.5. The minimum Gasteiger partial charge on any atom is -0.312 e. The van der Waals surface area contributed by atoms with Crippen LogP contribution in [0.3, 0.4) is 0 Å². The van der Waals surface area contributed by atoms with Crippen molar-refractivity contribution >= 4 is 11.8 Å². The van der Waals surface area contributed by atoms with Gasteiger partial charge >= 0.3 is 0 Å². The van der Waals surface area contributed by atoms with E-state index in [-0.39, 0.29) is 5.82 Å². The Morgan fingerprint density at radius 2 is 2.27 bits per heavy atom. The molecule has 82 valence electrons. The van der Waals surface area contributed by atoms with Crippen LogP contribution in [0.1, 0.15) is 12.5 Å². The van der Waals surface area contributed by atoms with E-state index in [0.29, 0.717) is 11.3 Å². The summed E-state index contributed by atoms with van der Waals surface area (Å²) in [5.41, 5.74) is 0.838. The van der Waals surface area contributed by atoms with Gasteiger partial charge in [0.15, 0.2) is 0 Å². The highest BCUT2D eigenvalue weighted by Crippen LogP contribution is 2.23. The van der Waals surface area contributed by atoms with Gasteiger partial charge in [-0.3, -0.25) is 0 Å². The van der Waals surface area contributed by atoms with Crippen molar-refractivity contribution < 1.29 is 4.39 Å². The zero-order chi connectivity index (χ0) is 10.7. The summed E-state index contributed by atoms with van der Waals surface area (Å²) in [4.78, 5) is 0. The van der Waals surface area contributed by atoms with E-state index in [0.717, 1.165) is 24.3 Å². The molecule has 1 fully saturated rings. The zero-order valence-corrected chi connectivity index (χ0v) is 9.69. The predicted octanol–water partition coefficient (Wildman–Crippen LogP) is 2.46. The first kappa shape index (κ1) is 11.0. The predicted molar refractivity (Wildman–Crippen MR) is 63.8 cm³/mol. The van der Waals surface area contributed by atoms with Gasteiger partial charge in [-0.05, 0) is 25.0 Å². The maximum atomic E-state index is 13.4. The molecule has 1 N–H and O–H groups in total. The Kier molecular flexibility index (Phi) is 3.65. The van der Waals surface area contributed by atoms with Gasteiger partial charge < -0.3 is 5.32 Å². The molecule has 1 saturated heterocycles. The van der Waals surface area contributed by atoms with Crippen LogP contribution >= 0.6 is 11.8 Å². The maximum Gasteiger partial charge on any atom is 0.126 e. The van der Waals surface area contributed by atoms with Gasteiger partial charge in [0.25, 0.3) is 0 Å². The first-order valence-corrected chi connectivity index (χ1v) is 6.40. The van der Waals surface area contributed by atoms with E-state index < -0.39 is 0 Å². The van der Waals surface area contributed by atoms with Crippen molar-refractivity contribution in [3.8, 4) is 0 Å². The molecule has 0 bridgehead atoms. The molecule has 0 saturated carbocycles. The van der Waals surface area contributed by atoms with Crippen LogP contribution in [0.4, 0.5) is 4.39 Å². The highest BCUT2D eigenvalue weighted by Gasteiger charge is 2.22. The largest absolute Gasteiger partial charge is 0.312 e. The summed E-state index contributed by atoms with van der Waals surface area (Å²) in [5.74, 6) is 1.06. The minimum absolute atomic E-state index is 0.0733. The number of thioether (sulfide) groups is 1. The summed E-state index contributed by atoms with van der Waals surface area (Å²) in [6.07, 6.45) is 0.825. The summed E-state index contributed by atoms with van der Waals surface area (Å²) >= 11 is 1.95. The smallest absolute Gasteiger partial charge is 0.126 e. The summed E-state index contributed by atoms with van der Waals surface area (Å²) in [5, 5.41) is 3.92. The summed E-state index contributed by atoms with van der Waals surface area (Å²) in [7, 11) is 0. The number of halogens is 1. The van der Waals surface area contributed by atoms with Crippen molar-refractivity contribution in [2.24, 2.45) is 0 Å². The monoisotopic (exact) mass is 225 g/mol. The molecule has 2 atom stereocenters. The topological polar surface area (TPSA) is 12.0 Å². The van der Waals surface area contributed by atoms with Crippen molar-refractivity contribution in [3.05, 3.63) is 35.6 Å². The van der Waals surface area contributed by atoms with Crippen molar-refractivity contribution in [3.63, 3.8) is 0 Å². The Balaban J connectivity index is 2.04. The van der Waals surface area contributed by atoms with Gasteiger partial charge in [0.05, 0.1) is 0 Å². The molecule has 1 nitrogen and oxygen atoms in total. The van der Waals surface area contributed by atoms with E-state index in [4.69, 9.17) is 0 Å². The maximum absolute atomic E-state index is 13.4. The fraction of sp³-hybridized carbons (Fsp3) is 0.500. The Hall–Kier alpha value is -0.540. The Bertz CT molecular complexity index is 329. The highest BCUT2D eigenvalue weighted by molar-refractivity contribution is 8.00. The number of rotatable bonds is 2. The van der Waals surface area contributed by atoms with E-state index in [2.05, 4.69) is 12.2 Å². The molecule has 2 rings (SSSR count). The van der Waals surface area contributed by atoms with Gasteiger partial charge in [0.2, 0.25) is 0 Å². The number of hydrogen-bond donors (Lipinski definition) is 1. The quantitative estimate of drug-likeness (QED) is 0.830. The van der Waals surface area contributed by atoms with E-state index in [1.54, 1.807) is 12.1 Å². The van der Waals surface area contributed by atoms with E-state index in [1.807, 2.05) is 23.9 Å².